The monoisotopic (exact) mass is 419 g/mol. The Kier molecular flexibility index (Phi) is 5.18. The number of benzene rings is 1. The van der Waals surface area contributed by atoms with Crippen LogP contribution in [0.2, 0.25) is 0 Å². The third kappa shape index (κ3) is 3.92. The van der Waals surface area contributed by atoms with Crippen LogP contribution in [0.25, 0.3) is 0 Å². The second-order valence-electron chi connectivity index (χ2n) is 7.55. The highest BCUT2D eigenvalue weighted by atomic mass is 19.1. The van der Waals surface area contributed by atoms with Gasteiger partial charge in [0, 0.05) is 30.5 Å². The van der Waals surface area contributed by atoms with Gasteiger partial charge in [0.2, 0.25) is 0 Å². The summed E-state index contributed by atoms with van der Waals surface area (Å²) in [5, 5.41) is 2.78. The molecule has 6 nitrogen and oxygen atoms in total. The SMILES string of the molecule is O=C(NCc1ccco1)c1ccc(CN2CCn3cccc3C2c2ccccc2F)o1. The lowest BCUT2D eigenvalue weighted by Crippen LogP contribution is -2.38. The molecule has 0 saturated carbocycles. The molecule has 1 atom stereocenters. The number of carbonyl (C=O) groups is 1. The Morgan fingerprint density at radius 2 is 1.94 bits per heavy atom. The van der Waals surface area contributed by atoms with Gasteiger partial charge in [-0.1, -0.05) is 18.2 Å². The highest BCUT2D eigenvalue weighted by Crippen LogP contribution is 2.34. The molecule has 1 N–H and O–H groups in total. The minimum Gasteiger partial charge on any atom is -0.467 e. The summed E-state index contributed by atoms with van der Waals surface area (Å²) in [6.45, 7) is 2.31. The van der Waals surface area contributed by atoms with Gasteiger partial charge in [-0.05, 0) is 42.5 Å². The Balaban J connectivity index is 1.34. The first-order valence-electron chi connectivity index (χ1n) is 10.2. The number of nitrogens with one attached hydrogen (secondary N) is 1. The van der Waals surface area contributed by atoms with Crippen LogP contribution in [0, 0.1) is 5.82 Å². The molecular weight excluding hydrogens is 397 g/mol. The van der Waals surface area contributed by atoms with Gasteiger partial charge in [-0.3, -0.25) is 9.69 Å². The number of hydrogen-bond donors (Lipinski definition) is 1. The van der Waals surface area contributed by atoms with Crippen molar-refractivity contribution in [2.24, 2.45) is 0 Å². The van der Waals surface area contributed by atoms with Crippen LogP contribution in [0.15, 0.2) is 82.0 Å². The predicted molar refractivity (Wildman–Crippen MR) is 112 cm³/mol. The lowest BCUT2D eigenvalue weighted by atomic mass is 9.99. The summed E-state index contributed by atoms with van der Waals surface area (Å²) in [6.07, 6.45) is 3.59. The summed E-state index contributed by atoms with van der Waals surface area (Å²) in [6, 6.07) is 17.7. The second kappa shape index (κ2) is 8.28. The van der Waals surface area contributed by atoms with Crippen molar-refractivity contribution in [3.63, 3.8) is 0 Å². The maximum Gasteiger partial charge on any atom is 0.287 e. The van der Waals surface area contributed by atoms with E-state index in [1.165, 1.54) is 6.07 Å². The highest BCUT2D eigenvalue weighted by molar-refractivity contribution is 5.91. The van der Waals surface area contributed by atoms with Crippen molar-refractivity contribution in [1.82, 2.24) is 14.8 Å². The number of aromatic nitrogens is 1. The van der Waals surface area contributed by atoms with E-state index >= 15 is 0 Å². The Bertz CT molecular complexity index is 1180. The first-order valence-corrected chi connectivity index (χ1v) is 10.2. The number of halogens is 1. The van der Waals surface area contributed by atoms with E-state index in [-0.39, 0.29) is 23.5 Å². The van der Waals surface area contributed by atoms with Crippen LogP contribution in [-0.2, 0) is 19.6 Å². The molecule has 1 aliphatic rings. The molecule has 5 rings (SSSR count). The fourth-order valence-electron chi connectivity index (χ4n) is 4.11. The zero-order valence-corrected chi connectivity index (χ0v) is 16.8. The summed E-state index contributed by atoms with van der Waals surface area (Å²) in [5.74, 6) is 1.03. The third-order valence-electron chi connectivity index (χ3n) is 5.59. The Morgan fingerprint density at radius 3 is 2.77 bits per heavy atom. The molecule has 0 saturated heterocycles. The summed E-state index contributed by atoms with van der Waals surface area (Å²) in [4.78, 5) is 14.6. The molecule has 4 aromatic rings. The molecule has 7 heteroatoms. The van der Waals surface area contributed by atoms with Crippen LogP contribution >= 0.6 is 0 Å². The number of furan rings is 2. The number of rotatable bonds is 6. The van der Waals surface area contributed by atoms with E-state index in [0.29, 0.717) is 30.2 Å². The van der Waals surface area contributed by atoms with Crippen LogP contribution in [0.3, 0.4) is 0 Å². The molecule has 1 aliphatic heterocycles. The summed E-state index contributed by atoms with van der Waals surface area (Å²) >= 11 is 0. The molecule has 0 spiro atoms. The Hall–Kier alpha value is -3.58. The van der Waals surface area contributed by atoms with Crippen molar-refractivity contribution in [3.8, 4) is 0 Å². The average Bonchev–Trinajstić information content (AvgIpc) is 3.54. The second-order valence-corrected chi connectivity index (χ2v) is 7.55. The van der Waals surface area contributed by atoms with Gasteiger partial charge >= 0.3 is 0 Å². The summed E-state index contributed by atoms with van der Waals surface area (Å²) in [7, 11) is 0. The number of carbonyl (C=O) groups excluding carboxylic acids is 1. The van der Waals surface area contributed by atoms with Crippen LogP contribution in [0.5, 0.6) is 0 Å². The fourth-order valence-corrected chi connectivity index (χ4v) is 4.11. The van der Waals surface area contributed by atoms with E-state index in [0.717, 1.165) is 18.8 Å². The minimum atomic E-state index is -0.305. The summed E-state index contributed by atoms with van der Waals surface area (Å²) in [5.41, 5.74) is 1.67. The zero-order chi connectivity index (χ0) is 21.2. The van der Waals surface area contributed by atoms with Crippen LogP contribution in [-0.4, -0.2) is 21.9 Å². The van der Waals surface area contributed by atoms with Crippen molar-refractivity contribution < 1.29 is 18.0 Å². The lowest BCUT2D eigenvalue weighted by Gasteiger charge is -2.37. The molecule has 158 valence electrons. The molecule has 31 heavy (non-hydrogen) atoms. The third-order valence-corrected chi connectivity index (χ3v) is 5.59. The molecule has 0 radical (unpaired) electrons. The van der Waals surface area contributed by atoms with Gasteiger partial charge in [0.1, 0.15) is 17.3 Å². The minimum absolute atomic E-state index is 0.230. The standard InChI is InChI=1S/C24H22FN3O3/c25-20-7-2-1-6-19(20)23-21-8-3-11-27(21)12-13-28(23)16-18-9-10-22(31-18)24(29)26-15-17-5-4-14-30-17/h1-11,14,23H,12-13,15-16H2,(H,26,29). The van der Waals surface area contributed by atoms with Crippen LogP contribution in [0.1, 0.15) is 39.4 Å². The molecule has 1 unspecified atom stereocenters. The van der Waals surface area contributed by atoms with Gasteiger partial charge in [0.05, 0.1) is 25.4 Å². The topological polar surface area (TPSA) is 63.6 Å². The van der Waals surface area contributed by atoms with Crippen molar-refractivity contribution in [3.05, 3.63) is 107 Å². The zero-order valence-electron chi connectivity index (χ0n) is 16.8. The first-order chi connectivity index (χ1) is 15.2. The largest absolute Gasteiger partial charge is 0.467 e. The summed E-state index contributed by atoms with van der Waals surface area (Å²) < 4.78 is 27.9. The number of fused-ring (bicyclic) bond motifs is 1. The quantitative estimate of drug-likeness (QED) is 0.505. The number of hydrogen-bond acceptors (Lipinski definition) is 4. The molecule has 0 fully saturated rings. The van der Waals surface area contributed by atoms with Crippen molar-refractivity contribution in [1.29, 1.82) is 0 Å². The molecule has 0 aliphatic carbocycles. The van der Waals surface area contributed by atoms with Crippen molar-refractivity contribution in [2.75, 3.05) is 6.54 Å². The fraction of sp³-hybridized carbons (Fsp3) is 0.208. The van der Waals surface area contributed by atoms with Gasteiger partial charge in [-0.15, -0.1) is 0 Å². The maximum atomic E-state index is 14.7. The van der Waals surface area contributed by atoms with Gasteiger partial charge in [0.15, 0.2) is 5.76 Å². The van der Waals surface area contributed by atoms with E-state index in [1.807, 2.05) is 30.5 Å². The number of amides is 1. The maximum absolute atomic E-state index is 14.7. The molecule has 1 aromatic carbocycles. The Labute approximate surface area is 178 Å². The lowest BCUT2D eigenvalue weighted by molar-refractivity contribution is 0.0913. The van der Waals surface area contributed by atoms with E-state index in [2.05, 4.69) is 14.8 Å². The highest BCUT2D eigenvalue weighted by Gasteiger charge is 2.31. The molecule has 1 amide bonds. The number of nitrogens with zero attached hydrogens (tertiary/aromatic N) is 2. The van der Waals surface area contributed by atoms with Gasteiger partial charge < -0.3 is 18.7 Å². The smallest absolute Gasteiger partial charge is 0.287 e. The average molecular weight is 419 g/mol. The molecule has 4 heterocycles. The van der Waals surface area contributed by atoms with E-state index < -0.39 is 0 Å². The molecule has 3 aromatic heterocycles. The molecular formula is C24H22FN3O3. The predicted octanol–water partition coefficient (Wildman–Crippen LogP) is 4.35. The normalized spacial score (nSPS) is 16.2. The molecule has 0 bridgehead atoms. The van der Waals surface area contributed by atoms with Crippen LogP contribution < -0.4 is 5.32 Å². The van der Waals surface area contributed by atoms with Gasteiger partial charge in [-0.2, -0.15) is 0 Å². The van der Waals surface area contributed by atoms with Gasteiger partial charge in [0.25, 0.3) is 5.91 Å². The van der Waals surface area contributed by atoms with Gasteiger partial charge in [-0.25, -0.2) is 4.39 Å². The van der Waals surface area contributed by atoms with Crippen molar-refractivity contribution >= 4 is 5.91 Å². The Morgan fingerprint density at radius 1 is 1.03 bits per heavy atom. The van der Waals surface area contributed by atoms with E-state index in [9.17, 15) is 9.18 Å². The van der Waals surface area contributed by atoms with E-state index in [4.69, 9.17) is 8.83 Å². The van der Waals surface area contributed by atoms with Crippen molar-refractivity contribution in [2.45, 2.75) is 25.7 Å². The van der Waals surface area contributed by atoms with E-state index in [1.54, 1.807) is 36.6 Å². The van der Waals surface area contributed by atoms with Crippen LogP contribution in [0.4, 0.5) is 4.39 Å². The first kappa shape index (κ1) is 19.4.